The second-order valence-electron chi connectivity index (χ2n) is 7.06. The van der Waals surface area contributed by atoms with E-state index in [9.17, 15) is 14.7 Å². The Labute approximate surface area is 145 Å². The van der Waals surface area contributed by atoms with Crippen molar-refractivity contribution in [1.29, 1.82) is 0 Å². The number of amides is 1. The Morgan fingerprint density at radius 2 is 2.08 bits per heavy atom. The Bertz CT molecular complexity index is 829. The molecule has 130 valence electrons. The normalized spacial score (nSPS) is 25.2. The van der Waals surface area contributed by atoms with Crippen molar-refractivity contribution in [2.24, 2.45) is 11.3 Å². The number of carboxylic acid groups (broad SMARTS) is 1. The summed E-state index contributed by atoms with van der Waals surface area (Å²) in [6.45, 7) is 2.48. The van der Waals surface area contributed by atoms with E-state index in [1.807, 2.05) is 30.3 Å². The predicted molar refractivity (Wildman–Crippen MR) is 90.0 cm³/mol. The average Bonchev–Trinajstić information content (AvgIpc) is 3.27. The lowest BCUT2D eigenvalue weighted by Gasteiger charge is -2.23. The smallest absolute Gasteiger partial charge is 0.311 e. The zero-order valence-electron chi connectivity index (χ0n) is 14.1. The summed E-state index contributed by atoms with van der Waals surface area (Å²) in [5.74, 6) is -0.470. The third-order valence-corrected chi connectivity index (χ3v) is 5.71. The van der Waals surface area contributed by atoms with Crippen molar-refractivity contribution < 1.29 is 19.2 Å². The van der Waals surface area contributed by atoms with E-state index in [-0.39, 0.29) is 18.4 Å². The zero-order chi connectivity index (χ0) is 17.6. The number of aliphatic carboxylic acids is 1. The molecular weight excluding hydrogens is 320 g/mol. The van der Waals surface area contributed by atoms with E-state index in [1.165, 1.54) is 0 Å². The van der Waals surface area contributed by atoms with Crippen LogP contribution in [0, 0.1) is 18.3 Å². The van der Waals surface area contributed by atoms with E-state index in [2.05, 4.69) is 5.16 Å². The molecule has 1 saturated carbocycles. The van der Waals surface area contributed by atoms with Gasteiger partial charge in [-0.1, -0.05) is 41.9 Å². The summed E-state index contributed by atoms with van der Waals surface area (Å²) in [6.07, 6.45) is 2.43. The van der Waals surface area contributed by atoms with Gasteiger partial charge in [0.15, 0.2) is 0 Å². The summed E-state index contributed by atoms with van der Waals surface area (Å²) in [6, 6.07) is 9.42. The molecule has 6 heteroatoms. The number of likely N-dealkylation sites (tertiary alicyclic amines) is 1. The molecule has 2 heterocycles. The molecule has 1 aliphatic carbocycles. The Kier molecular flexibility index (Phi) is 3.63. The lowest BCUT2D eigenvalue weighted by molar-refractivity contribution is -0.149. The number of aromatic nitrogens is 1. The van der Waals surface area contributed by atoms with E-state index in [0.29, 0.717) is 30.0 Å². The van der Waals surface area contributed by atoms with Gasteiger partial charge < -0.3 is 14.5 Å². The highest BCUT2D eigenvalue weighted by Crippen LogP contribution is 2.49. The number of carboxylic acids is 1. The molecule has 2 fully saturated rings. The van der Waals surface area contributed by atoms with Crippen LogP contribution in [0.2, 0.25) is 0 Å². The lowest BCUT2D eigenvalue weighted by atomic mass is 9.81. The number of carbonyl (C=O) groups excluding carboxylic acids is 1. The first-order valence-corrected chi connectivity index (χ1v) is 8.57. The number of fused-ring (bicyclic) bond motifs is 1. The van der Waals surface area contributed by atoms with E-state index in [0.717, 1.165) is 18.4 Å². The summed E-state index contributed by atoms with van der Waals surface area (Å²) in [5.41, 5.74) is 0.986. The number of nitrogens with zero attached hydrogens (tertiary/aromatic N) is 2. The minimum absolute atomic E-state index is 0.0364. The Morgan fingerprint density at radius 3 is 2.76 bits per heavy atom. The maximum absolute atomic E-state index is 13.2. The Balaban J connectivity index is 1.67. The lowest BCUT2D eigenvalue weighted by Crippen LogP contribution is -2.37. The van der Waals surface area contributed by atoms with Crippen molar-refractivity contribution in [3.05, 3.63) is 41.7 Å². The Morgan fingerprint density at radius 1 is 1.32 bits per heavy atom. The highest BCUT2D eigenvalue weighted by molar-refractivity contribution is 6.01. The van der Waals surface area contributed by atoms with Gasteiger partial charge >= 0.3 is 5.97 Å². The molecular formula is C19H20N2O4. The molecule has 2 aliphatic rings. The van der Waals surface area contributed by atoms with Gasteiger partial charge in [-0.3, -0.25) is 9.59 Å². The average molecular weight is 340 g/mol. The monoisotopic (exact) mass is 340 g/mol. The van der Waals surface area contributed by atoms with E-state index < -0.39 is 11.4 Å². The number of hydrogen-bond acceptors (Lipinski definition) is 4. The maximum atomic E-state index is 13.2. The molecule has 2 atom stereocenters. The first-order chi connectivity index (χ1) is 12.0. The van der Waals surface area contributed by atoms with Gasteiger partial charge in [0.2, 0.25) is 0 Å². The van der Waals surface area contributed by atoms with Gasteiger partial charge in [0.05, 0.1) is 5.41 Å². The van der Waals surface area contributed by atoms with Crippen LogP contribution < -0.4 is 0 Å². The van der Waals surface area contributed by atoms with Crippen molar-refractivity contribution >= 4 is 11.9 Å². The molecule has 2 aromatic rings. The largest absolute Gasteiger partial charge is 0.481 e. The molecule has 1 aliphatic heterocycles. The number of aryl methyl sites for hydroxylation is 1. The van der Waals surface area contributed by atoms with E-state index >= 15 is 0 Å². The summed E-state index contributed by atoms with van der Waals surface area (Å²) >= 11 is 0. The van der Waals surface area contributed by atoms with E-state index in [1.54, 1.807) is 11.8 Å². The molecule has 6 nitrogen and oxygen atoms in total. The van der Waals surface area contributed by atoms with Crippen LogP contribution >= 0.6 is 0 Å². The van der Waals surface area contributed by atoms with Gasteiger partial charge in [0.25, 0.3) is 5.91 Å². The summed E-state index contributed by atoms with van der Waals surface area (Å²) in [7, 11) is 0. The van der Waals surface area contributed by atoms with Gasteiger partial charge in [-0.05, 0) is 25.7 Å². The standard InChI is InChI=1S/C19H20N2O4/c1-12-15(16(20-25-12)13-6-3-2-4-7-13)17(22)21-10-14-8-5-9-19(14,11-21)18(23)24/h2-4,6-7,14H,5,8-11H2,1H3,(H,23,24)/t14-,19+/m0/s1. The number of carbonyl (C=O) groups is 2. The Hall–Kier alpha value is -2.63. The molecule has 0 bridgehead atoms. The van der Waals surface area contributed by atoms with Crippen molar-refractivity contribution in [2.45, 2.75) is 26.2 Å². The van der Waals surface area contributed by atoms with E-state index in [4.69, 9.17) is 4.52 Å². The highest BCUT2D eigenvalue weighted by atomic mass is 16.5. The van der Waals surface area contributed by atoms with Crippen LogP contribution in [0.4, 0.5) is 0 Å². The molecule has 25 heavy (non-hydrogen) atoms. The number of hydrogen-bond donors (Lipinski definition) is 1. The molecule has 4 rings (SSSR count). The summed E-state index contributed by atoms with van der Waals surface area (Å²) in [5, 5.41) is 13.8. The van der Waals surface area contributed by atoms with Crippen LogP contribution in [-0.4, -0.2) is 40.1 Å². The summed E-state index contributed by atoms with van der Waals surface area (Å²) in [4.78, 5) is 26.7. The van der Waals surface area contributed by atoms with Gasteiger partial charge in [-0.25, -0.2) is 0 Å². The fourth-order valence-electron chi connectivity index (χ4n) is 4.37. The molecule has 0 spiro atoms. The van der Waals surface area contributed by atoms with Gasteiger partial charge in [-0.2, -0.15) is 0 Å². The first-order valence-electron chi connectivity index (χ1n) is 8.57. The van der Waals surface area contributed by atoms with Gasteiger partial charge in [-0.15, -0.1) is 0 Å². The second kappa shape index (κ2) is 5.72. The fraction of sp³-hybridized carbons (Fsp3) is 0.421. The molecule has 1 saturated heterocycles. The maximum Gasteiger partial charge on any atom is 0.311 e. The van der Waals surface area contributed by atoms with Crippen molar-refractivity contribution in [3.63, 3.8) is 0 Å². The zero-order valence-corrected chi connectivity index (χ0v) is 14.1. The van der Waals surface area contributed by atoms with Crippen LogP contribution in [-0.2, 0) is 4.79 Å². The molecule has 1 aromatic carbocycles. The SMILES string of the molecule is Cc1onc(-c2ccccc2)c1C(=O)N1C[C@@H]2CCC[C@@]2(C(=O)O)C1. The van der Waals surface area contributed by atoms with Crippen LogP contribution in [0.15, 0.2) is 34.9 Å². The van der Waals surface area contributed by atoms with Crippen molar-refractivity contribution in [1.82, 2.24) is 10.1 Å². The minimum Gasteiger partial charge on any atom is -0.481 e. The molecule has 1 aromatic heterocycles. The fourth-order valence-corrected chi connectivity index (χ4v) is 4.37. The molecule has 1 N–H and O–H groups in total. The highest BCUT2D eigenvalue weighted by Gasteiger charge is 2.56. The third-order valence-electron chi connectivity index (χ3n) is 5.71. The van der Waals surface area contributed by atoms with Crippen molar-refractivity contribution in [2.75, 3.05) is 13.1 Å². The van der Waals surface area contributed by atoms with Crippen LogP contribution in [0.3, 0.4) is 0 Å². The quantitative estimate of drug-likeness (QED) is 0.928. The minimum atomic E-state index is -0.784. The molecule has 0 radical (unpaired) electrons. The molecule has 1 amide bonds. The van der Waals surface area contributed by atoms with Gasteiger partial charge in [0, 0.05) is 18.7 Å². The van der Waals surface area contributed by atoms with Crippen LogP contribution in [0.5, 0.6) is 0 Å². The second-order valence-corrected chi connectivity index (χ2v) is 7.06. The summed E-state index contributed by atoms with van der Waals surface area (Å²) < 4.78 is 5.28. The number of rotatable bonds is 3. The van der Waals surface area contributed by atoms with Gasteiger partial charge in [0.1, 0.15) is 17.0 Å². The van der Waals surface area contributed by atoms with Crippen LogP contribution in [0.25, 0.3) is 11.3 Å². The number of benzene rings is 1. The van der Waals surface area contributed by atoms with Crippen LogP contribution in [0.1, 0.15) is 35.4 Å². The third kappa shape index (κ3) is 2.35. The first kappa shape index (κ1) is 15.9. The predicted octanol–water partition coefficient (Wildman–Crippen LogP) is 2.98. The van der Waals surface area contributed by atoms with Crippen molar-refractivity contribution in [3.8, 4) is 11.3 Å². The topological polar surface area (TPSA) is 83.6 Å². The molecule has 0 unspecified atom stereocenters.